The molecule has 3 aromatic rings. The SMILES string of the molecule is CN1CCN(Cc2cncc(-c3ccc(N)c(CC(=O)Nc4ccc(CN5CCCC5)nc4)c3)c2)CC1. The Kier molecular flexibility index (Phi) is 8.08. The highest BCUT2D eigenvalue weighted by atomic mass is 16.1. The molecular formula is C29H37N7O. The number of nitrogens with zero attached hydrogens (tertiary/aromatic N) is 5. The van der Waals surface area contributed by atoms with Crippen LogP contribution in [0.25, 0.3) is 11.1 Å². The molecule has 37 heavy (non-hydrogen) atoms. The molecule has 0 saturated carbocycles. The lowest BCUT2D eigenvalue weighted by Crippen LogP contribution is -2.43. The fraction of sp³-hybridized carbons (Fsp3) is 0.414. The lowest BCUT2D eigenvalue weighted by atomic mass is 10.00. The minimum Gasteiger partial charge on any atom is -0.398 e. The maximum absolute atomic E-state index is 12.8. The molecule has 0 aliphatic carbocycles. The molecule has 1 aromatic carbocycles. The first-order valence-corrected chi connectivity index (χ1v) is 13.2. The maximum atomic E-state index is 12.8. The second-order valence-electron chi connectivity index (χ2n) is 10.3. The number of carbonyl (C=O) groups excluding carboxylic acids is 1. The summed E-state index contributed by atoms with van der Waals surface area (Å²) < 4.78 is 0. The van der Waals surface area contributed by atoms with Gasteiger partial charge in [-0.1, -0.05) is 6.07 Å². The lowest BCUT2D eigenvalue weighted by molar-refractivity contribution is -0.115. The highest BCUT2D eigenvalue weighted by Gasteiger charge is 2.15. The summed E-state index contributed by atoms with van der Waals surface area (Å²) in [7, 11) is 2.17. The van der Waals surface area contributed by atoms with Crippen LogP contribution < -0.4 is 11.1 Å². The van der Waals surface area contributed by atoms with Gasteiger partial charge in [-0.15, -0.1) is 0 Å². The monoisotopic (exact) mass is 499 g/mol. The van der Waals surface area contributed by atoms with E-state index in [1.807, 2.05) is 42.7 Å². The van der Waals surface area contributed by atoms with Crippen molar-refractivity contribution >= 4 is 17.3 Å². The topological polar surface area (TPSA) is 90.6 Å². The standard InChI is InChI=1S/C29H37N7O/c1-34-10-12-36(13-11-34)20-22-14-25(18-31-17-22)23-4-7-28(30)24(15-23)16-29(37)33-26-5-6-27(32-19-26)21-35-8-2-3-9-35/h4-7,14-15,17-19H,2-3,8-13,16,20-21,30H2,1H3,(H,33,37). The number of carbonyl (C=O) groups is 1. The molecule has 1 amide bonds. The Morgan fingerprint density at radius 2 is 1.68 bits per heavy atom. The van der Waals surface area contributed by atoms with E-state index in [-0.39, 0.29) is 12.3 Å². The number of anilines is 2. The fourth-order valence-corrected chi connectivity index (χ4v) is 5.07. The van der Waals surface area contributed by atoms with Gasteiger partial charge >= 0.3 is 0 Å². The quantitative estimate of drug-likeness (QED) is 0.460. The van der Waals surface area contributed by atoms with E-state index in [1.165, 1.54) is 18.4 Å². The Labute approximate surface area is 219 Å². The Morgan fingerprint density at radius 1 is 0.892 bits per heavy atom. The van der Waals surface area contributed by atoms with Crippen molar-refractivity contribution in [1.82, 2.24) is 24.7 Å². The smallest absolute Gasteiger partial charge is 0.228 e. The van der Waals surface area contributed by atoms with Crippen molar-refractivity contribution in [2.45, 2.75) is 32.4 Å². The van der Waals surface area contributed by atoms with Gasteiger partial charge in [0.05, 0.1) is 24.0 Å². The van der Waals surface area contributed by atoms with Crippen LogP contribution in [0.4, 0.5) is 11.4 Å². The summed E-state index contributed by atoms with van der Waals surface area (Å²) in [5, 5.41) is 2.96. The van der Waals surface area contributed by atoms with Crippen molar-refractivity contribution in [2.75, 3.05) is 57.4 Å². The number of aromatic nitrogens is 2. The predicted molar refractivity (Wildman–Crippen MR) is 148 cm³/mol. The molecule has 194 valence electrons. The van der Waals surface area contributed by atoms with Crippen molar-refractivity contribution in [3.63, 3.8) is 0 Å². The van der Waals surface area contributed by atoms with E-state index >= 15 is 0 Å². The molecule has 2 aliphatic rings. The molecular weight excluding hydrogens is 462 g/mol. The van der Waals surface area contributed by atoms with Gasteiger partial charge in [0, 0.05) is 62.9 Å². The summed E-state index contributed by atoms with van der Waals surface area (Å²) in [5.41, 5.74) is 12.6. The van der Waals surface area contributed by atoms with E-state index in [2.05, 4.69) is 43.1 Å². The second-order valence-corrected chi connectivity index (χ2v) is 10.3. The summed E-state index contributed by atoms with van der Waals surface area (Å²) in [6, 6.07) is 12.0. The first kappa shape index (κ1) is 25.3. The van der Waals surface area contributed by atoms with Crippen molar-refractivity contribution in [2.24, 2.45) is 0 Å². The molecule has 2 aromatic heterocycles. The van der Waals surface area contributed by atoms with Gasteiger partial charge in [-0.05, 0) is 80.0 Å². The first-order chi connectivity index (χ1) is 18.0. The zero-order chi connectivity index (χ0) is 25.6. The number of nitrogen functional groups attached to an aromatic ring is 1. The molecule has 3 N–H and O–H groups in total. The average molecular weight is 500 g/mol. The minimum absolute atomic E-state index is 0.111. The number of nitrogens with one attached hydrogen (secondary N) is 1. The number of likely N-dealkylation sites (tertiary alicyclic amines) is 1. The van der Waals surface area contributed by atoms with Crippen LogP contribution in [-0.4, -0.2) is 76.9 Å². The van der Waals surface area contributed by atoms with Crippen LogP contribution in [0.3, 0.4) is 0 Å². The molecule has 0 unspecified atom stereocenters. The molecule has 0 bridgehead atoms. The van der Waals surface area contributed by atoms with E-state index in [4.69, 9.17) is 5.73 Å². The number of benzene rings is 1. The van der Waals surface area contributed by atoms with Gasteiger partial charge in [0.15, 0.2) is 0 Å². The molecule has 0 atom stereocenters. The van der Waals surface area contributed by atoms with Crippen LogP contribution in [-0.2, 0) is 24.3 Å². The van der Waals surface area contributed by atoms with Crippen molar-refractivity contribution < 1.29 is 4.79 Å². The molecule has 8 heteroatoms. The van der Waals surface area contributed by atoms with Crippen molar-refractivity contribution in [3.8, 4) is 11.1 Å². The fourth-order valence-electron chi connectivity index (χ4n) is 5.07. The third-order valence-corrected chi connectivity index (χ3v) is 7.32. The lowest BCUT2D eigenvalue weighted by Gasteiger charge is -2.32. The Balaban J connectivity index is 1.21. The number of hydrogen-bond acceptors (Lipinski definition) is 7. The largest absolute Gasteiger partial charge is 0.398 e. The molecule has 2 aliphatic heterocycles. The number of amides is 1. The van der Waals surface area contributed by atoms with E-state index in [9.17, 15) is 4.79 Å². The third kappa shape index (κ3) is 6.91. The minimum atomic E-state index is -0.111. The van der Waals surface area contributed by atoms with Crippen LogP contribution >= 0.6 is 0 Å². The highest BCUT2D eigenvalue weighted by Crippen LogP contribution is 2.25. The molecule has 8 nitrogen and oxygen atoms in total. The van der Waals surface area contributed by atoms with Crippen molar-refractivity contribution in [1.29, 1.82) is 0 Å². The van der Waals surface area contributed by atoms with Crippen LogP contribution in [0.1, 0.15) is 29.7 Å². The Bertz CT molecular complexity index is 1200. The van der Waals surface area contributed by atoms with Gasteiger partial charge in [0.2, 0.25) is 5.91 Å². The van der Waals surface area contributed by atoms with E-state index in [1.54, 1.807) is 6.20 Å². The van der Waals surface area contributed by atoms with Gasteiger partial charge in [0.25, 0.3) is 0 Å². The van der Waals surface area contributed by atoms with E-state index in [0.29, 0.717) is 11.4 Å². The number of pyridine rings is 2. The zero-order valence-electron chi connectivity index (χ0n) is 21.7. The van der Waals surface area contributed by atoms with Crippen LogP contribution in [0.5, 0.6) is 0 Å². The van der Waals surface area contributed by atoms with Crippen LogP contribution in [0.15, 0.2) is 55.0 Å². The Morgan fingerprint density at radius 3 is 2.43 bits per heavy atom. The number of hydrogen-bond donors (Lipinski definition) is 2. The molecule has 5 rings (SSSR count). The maximum Gasteiger partial charge on any atom is 0.228 e. The number of piperazine rings is 1. The molecule has 0 spiro atoms. The number of likely N-dealkylation sites (N-methyl/N-ethyl adjacent to an activating group) is 1. The zero-order valence-corrected chi connectivity index (χ0v) is 21.7. The number of rotatable bonds is 8. The predicted octanol–water partition coefficient (Wildman–Crippen LogP) is 3.25. The molecule has 2 saturated heterocycles. The van der Waals surface area contributed by atoms with E-state index in [0.717, 1.165) is 74.7 Å². The summed E-state index contributed by atoms with van der Waals surface area (Å²) in [6.45, 7) is 8.35. The third-order valence-electron chi connectivity index (χ3n) is 7.32. The second kappa shape index (κ2) is 11.8. The normalized spacial score (nSPS) is 17.2. The van der Waals surface area contributed by atoms with Gasteiger partial charge < -0.3 is 16.0 Å². The van der Waals surface area contributed by atoms with Crippen LogP contribution in [0.2, 0.25) is 0 Å². The van der Waals surface area contributed by atoms with Crippen molar-refractivity contribution in [3.05, 3.63) is 71.8 Å². The molecule has 0 radical (unpaired) electrons. The number of nitrogens with two attached hydrogens (primary N) is 1. The summed E-state index contributed by atoms with van der Waals surface area (Å²) in [6.07, 6.45) is 8.27. The van der Waals surface area contributed by atoms with Gasteiger partial charge in [-0.2, -0.15) is 0 Å². The van der Waals surface area contributed by atoms with Gasteiger partial charge in [-0.3, -0.25) is 24.6 Å². The Hall–Kier alpha value is -3.33. The first-order valence-electron chi connectivity index (χ1n) is 13.2. The van der Waals surface area contributed by atoms with Gasteiger partial charge in [-0.25, -0.2) is 0 Å². The van der Waals surface area contributed by atoms with Gasteiger partial charge in [0.1, 0.15) is 0 Å². The van der Waals surface area contributed by atoms with E-state index < -0.39 is 0 Å². The molecule has 4 heterocycles. The molecule has 2 fully saturated rings. The average Bonchev–Trinajstić information content (AvgIpc) is 3.41. The highest BCUT2D eigenvalue weighted by molar-refractivity contribution is 5.93. The summed E-state index contributed by atoms with van der Waals surface area (Å²) in [4.78, 5) is 29.1. The van der Waals surface area contributed by atoms with Crippen LogP contribution in [0, 0.1) is 0 Å². The summed E-state index contributed by atoms with van der Waals surface area (Å²) >= 11 is 0. The summed E-state index contributed by atoms with van der Waals surface area (Å²) in [5.74, 6) is -0.111.